The average Bonchev–Trinajstić information content (AvgIpc) is 2.75. The predicted octanol–water partition coefficient (Wildman–Crippen LogP) is 3.40. The first kappa shape index (κ1) is 14.9. The molecular formula is C17H22ClNO2. The van der Waals surface area contributed by atoms with Gasteiger partial charge in [0, 0.05) is 10.4 Å². The van der Waals surface area contributed by atoms with Gasteiger partial charge >= 0.3 is 5.97 Å². The van der Waals surface area contributed by atoms with Gasteiger partial charge < -0.3 is 10.1 Å². The molecule has 1 unspecified atom stereocenters. The number of nitrogens with one attached hydrogen (secondary N) is 1. The third-order valence-electron chi connectivity index (χ3n) is 4.93. The zero-order chi connectivity index (χ0) is 14.9. The fourth-order valence-corrected chi connectivity index (χ4v) is 4.47. The van der Waals surface area contributed by atoms with Crippen molar-refractivity contribution >= 4 is 17.6 Å². The van der Waals surface area contributed by atoms with Crippen LogP contribution in [-0.2, 0) is 14.9 Å². The minimum Gasteiger partial charge on any atom is -0.466 e. The van der Waals surface area contributed by atoms with Crippen molar-refractivity contribution in [3.63, 3.8) is 0 Å². The lowest BCUT2D eigenvalue weighted by molar-refractivity contribution is -0.143. The molecule has 114 valence electrons. The molecule has 1 aromatic rings. The van der Waals surface area contributed by atoms with Gasteiger partial charge in [0.05, 0.1) is 13.0 Å². The Morgan fingerprint density at radius 3 is 2.90 bits per heavy atom. The standard InChI is InChI=1S/C17H22ClNO2/c1-2-21-15(20)10-12-11-17(6-8-19-9-7-17)16-13(12)4-3-5-14(16)18/h3-5,12,19H,2,6-11H2,1H3. The summed E-state index contributed by atoms with van der Waals surface area (Å²) < 4.78 is 5.14. The topological polar surface area (TPSA) is 38.3 Å². The van der Waals surface area contributed by atoms with E-state index in [-0.39, 0.29) is 17.3 Å². The third-order valence-corrected chi connectivity index (χ3v) is 5.25. The highest BCUT2D eigenvalue weighted by molar-refractivity contribution is 6.31. The summed E-state index contributed by atoms with van der Waals surface area (Å²) in [6.07, 6.45) is 3.69. The number of halogens is 1. The van der Waals surface area contributed by atoms with Gasteiger partial charge in [0.15, 0.2) is 0 Å². The van der Waals surface area contributed by atoms with Crippen LogP contribution in [0.1, 0.15) is 49.7 Å². The molecule has 1 fully saturated rings. The van der Waals surface area contributed by atoms with Gasteiger partial charge in [-0.1, -0.05) is 23.7 Å². The van der Waals surface area contributed by atoms with Crippen LogP contribution in [0.15, 0.2) is 18.2 Å². The fourth-order valence-electron chi connectivity index (χ4n) is 4.09. The number of carbonyl (C=O) groups excluding carboxylic acids is 1. The molecule has 3 rings (SSSR count). The summed E-state index contributed by atoms with van der Waals surface area (Å²) in [7, 11) is 0. The van der Waals surface area contributed by atoms with E-state index in [1.54, 1.807) is 0 Å². The van der Waals surface area contributed by atoms with Gasteiger partial charge in [-0.05, 0) is 62.4 Å². The molecule has 1 aliphatic heterocycles. The number of hydrogen-bond donors (Lipinski definition) is 1. The van der Waals surface area contributed by atoms with Gasteiger partial charge in [-0.3, -0.25) is 4.79 Å². The van der Waals surface area contributed by atoms with Crippen molar-refractivity contribution in [1.82, 2.24) is 5.32 Å². The molecule has 1 aliphatic carbocycles. The van der Waals surface area contributed by atoms with Gasteiger partial charge in [0.25, 0.3) is 0 Å². The maximum Gasteiger partial charge on any atom is 0.306 e. The Morgan fingerprint density at radius 2 is 2.19 bits per heavy atom. The quantitative estimate of drug-likeness (QED) is 0.870. The largest absolute Gasteiger partial charge is 0.466 e. The molecule has 1 spiro atoms. The summed E-state index contributed by atoms with van der Waals surface area (Å²) in [5.41, 5.74) is 2.70. The molecule has 0 aromatic heterocycles. The number of piperidine rings is 1. The van der Waals surface area contributed by atoms with Crippen molar-refractivity contribution in [2.24, 2.45) is 0 Å². The Kier molecular flexibility index (Phi) is 4.23. The van der Waals surface area contributed by atoms with Crippen molar-refractivity contribution in [2.75, 3.05) is 19.7 Å². The SMILES string of the molecule is CCOC(=O)CC1CC2(CCNCC2)c2c(Cl)cccc21. The summed E-state index contributed by atoms with van der Waals surface area (Å²) in [6.45, 7) is 4.35. The van der Waals surface area contributed by atoms with E-state index < -0.39 is 0 Å². The second-order valence-electron chi connectivity index (χ2n) is 6.14. The van der Waals surface area contributed by atoms with Crippen LogP contribution in [0.4, 0.5) is 0 Å². The van der Waals surface area contributed by atoms with Crippen molar-refractivity contribution < 1.29 is 9.53 Å². The first-order valence-corrected chi connectivity index (χ1v) is 8.19. The lowest BCUT2D eigenvalue weighted by Crippen LogP contribution is -2.38. The number of hydrogen-bond acceptors (Lipinski definition) is 3. The number of rotatable bonds is 3. The van der Waals surface area contributed by atoms with E-state index >= 15 is 0 Å². The summed E-state index contributed by atoms with van der Waals surface area (Å²) in [5.74, 6) is 0.148. The van der Waals surface area contributed by atoms with Crippen LogP contribution in [0.2, 0.25) is 5.02 Å². The molecule has 4 heteroatoms. The van der Waals surface area contributed by atoms with Gasteiger partial charge in [0.1, 0.15) is 0 Å². The highest BCUT2D eigenvalue weighted by atomic mass is 35.5. The van der Waals surface area contributed by atoms with Crippen LogP contribution in [0.5, 0.6) is 0 Å². The average molecular weight is 308 g/mol. The first-order valence-electron chi connectivity index (χ1n) is 7.81. The van der Waals surface area contributed by atoms with Gasteiger partial charge in [-0.2, -0.15) is 0 Å². The lowest BCUT2D eigenvalue weighted by atomic mass is 9.73. The molecule has 0 saturated carbocycles. The maximum atomic E-state index is 11.9. The van der Waals surface area contributed by atoms with E-state index in [2.05, 4.69) is 11.4 Å². The molecule has 1 heterocycles. The van der Waals surface area contributed by atoms with Crippen LogP contribution in [0.3, 0.4) is 0 Å². The molecule has 21 heavy (non-hydrogen) atoms. The van der Waals surface area contributed by atoms with Crippen molar-refractivity contribution in [3.05, 3.63) is 34.3 Å². The molecule has 0 radical (unpaired) electrons. The minimum absolute atomic E-state index is 0.0978. The number of carbonyl (C=O) groups is 1. The number of esters is 1. The van der Waals surface area contributed by atoms with E-state index in [1.807, 2.05) is 19.1 Å². The van der Waals surface area contributed by atoms with Gasteiger partial charge in [-0.25, -0.2) is 0 Å². The Labute approximate surface area is 131 Å². The van der Waals surface area contributed by atoms with Crippen LogP contribution in [-0.4, -0.2) is 25.7 Å². The lowest BCUT2D eigenvalue weighted by Gasteiger charge is -2.35. The second-order valence-corrected chi connectivity index (χ2v) is 6.55. The van der Waals surface area contributed by atoms with Crippen molar-refractivity contribution in [2.45, 2.75) is 43.9 Å². The fraction of sp³-hybridized carbons (Fsp3) is 0.588. The van der Waals surface area contributed by atoms with E-state index in [0.29, 0.717) is 13.0 Å². The molecule has 1 aromatic carbocycles. The van der Waals surface area contributed by atoms with E-state index in [1.165, 1.54) is 11.1 Å². The number of fused-ring (bicyclic) bond motifs is 2. The zero-order valence-corrected chi connectivity index (χ0v) is 13.2. The summed E-state index contributed by atoms with van der Waals surface area (Å²) in [5, 5.41) is 4.29. The summed E-state index contributed by atoms with van der Waals surface area (Å²) in [4.78, 5) is 11.9. The molecular weight excluding hydrogens is 286 g/mol. The number of benzene rings is 1. The zero-order valence-electron chi connectivity index (χ0n) is 12.5. The molecule has 0 bridgehead atoms. The van der Waals surface area contributed by atoms with Crippen molar-refractivity contribution in [1.29, 1.82) is 0 Å². The van der Waals surface area contributed by atoms with Crippen LogP contribution in [0.25, 0.3) is 0 Å². The minimum atomic E-state index is -0.0978. The number of ether oxygens (including phenoxy) is 1. The first-order chi connectivity index (χ1) is 10.2. The molecule has 1 saturated heterocycles. The summed E-state index contributed by atoms with van der Waals surface area (Å²) >= 11 is 6.52. The highest BCUT2D eigenvalue weighted by Gasteiger charge is 2.45. The third kappa shape index (κ3) is 2.69. The Balaban J connectivity index is 1.93. The van der Waals surface area contributed by atoms with Gasteiger partial charge in [0.2, 0.25) is 0 Å². The monoisotopic (exact) mass is 307 g/mol. The van der Waals surface area contributed by atoms with Crippen LogP contribution in [0, 0.1) is 0 Å². The highest BCUT2D eigenvalue weighted by Crippen LogP contribution is 2.54. The Hall–Kier alpha value is -1.06. The van der Waals surface area contributed by atoms with E-state index in [4.69, 9.17) is 16.3 Å². The smallest absolute Gasteiger partial charge is 0.306 e. The van der Waals surface area contributed by atoms with E-state index in [0.717, 1.165) is 37.4 Å². The van der Waals surface area contributed by atoms with Gasteiger partial charge in [-0.15, -0.1) is 0 Å². The van der Waals surface area contributed by atoms with E-state index in [9.17, 15) is 4.79 Å². The molecule has 1 atom stereocenters. The second kappa shape index (κ2) is 5.98. The normalized spacial score (nSPS) is 23.0. The predicted molar refractivity (Wildman–Crippen MR) is 83.8 cm³/mol. The molecule has 2 aliphatic rings. The molecule has 1 N–H and O–H groups in total. The van der Waals surface area contributed by atoms with Crippen LogP contribution < -0.4 is 5.32 Å². The maximum absolute atomic E-state index is 11.9. The van der Waals surface area contributed by atoms with Crippen molar-refractivity contribution in [3.8, 4) is 0 Å². The molecule has 0 amide bonds. The van der Waals surface area contributed by atoms with Crippen LogP contribution >= 0.6 is 11.6 Å². The Morgan fingerprint density at radius 1 is 1.43 bits per heavy atom. The summed E-state index contributed by atoms with van der Waals surface area (Å²) in [6, 6.07) is 6.12. The molecule has 3 nitrogen and oxygen atoms in total. The Bertz CT molecular complexity index is 538.